The molecule has 5 nitrogen and oxygen atoms in total. The first-order chi connectivity index (χ1) is 14.3. The highest BCUT2D eigenvalue weighted by Gasteiger charge is 2.57. The molecule has 1 aliphatic heterocycles. The maximum absolute atomic E-state index is 12.8. The highest BCUT2D eigenvalue weighted by Crippen LogP contribution is 2.46. The second-order valence-electron chi connectivity index (χ2n) is 12.8. The first-order valence-corrected chi connectivity index (χ1v) is 11.6. The summed E-state index contributed by atoms with van der Waals surface area (Å²) in [5, 5.41) is 32.0. The van der Waals surface area contributed by atoms with E-state index < -0.39 is 22.6 Å². The Morgan fingerprint density at radius 1 is 1.00 bits per heavy atom. The van der Waals surface area contributed by atoms with Gasteiger partial charge in [0.1, 0.15) is 5.75 Å². The fraction of sp³-hybridized carbons (Fsp3) is 0.704. The molecule has 1 unspecified atom stereocenters. The molecule has 0 saturated carbocycles. The van der Waals surface area contributed by atoms with Crippen LogP contribution in [0.2, 0.25) is 0 Å². The van der Waals surface area contributed by atoms with Gasteiger partial charge in [-0.2, -0.15) is 5.26 Å². The molecular weight excluding hydrogens is 400 g/mol. The number of piperidine rings is 1. The summed E-state index contributed by atoms with van der Waals surface area (Å²) in [6.07, 6.45) is 2.73. The van der Waals surface area contributed by atoms with Crippen molar-refractivity contribution in [3.8, 4) is 11.8 Å². The molecule has 2 rings (SSSR count). The smallest absolute Gasteiger partial charge is 0.339 e. The zero-order valence-electron chi connectivity index (χ0n) is 21.7. The Morgan fingerprint density at radius 2 is 1.41 bits per heavy atom. The normalized spacial score (nSPS) is 20.9. The van der Waals surface area contributed by atoms with Gasteiger partial charge in [0.05, 0.1) is 6.07 Å². The maximum Gasteiger partial charge on any atom is 0.339 e. The first-order valence-electron chi connectivity index (χ1n) is 11.6. The van der Waals surface area contributed by atoms with E-state index in [4.69, 9.17) is 0 Å². The van der Waals surface area contributed by atoms with Crippen LogP contribution in [0.5, 0.6) is 5.75 Å². The number of hydrogen-bond acceptors (Lipinski definition) is 4. The van der Waals surface area contributed by atoms with E-state index in [0.29, 0.717) is 0 Å². The van der Waals surface area contributed by atoms with Crippen molar-refractivity contribution in [1.29, 1.82) is 5.26 Å². The molecule has 1 heterocycles. The molecule has 0 aromatic heterocycles. The Morgan fingerprint density at radius 3 is 1.72 bits per heavy atom. The fourth-order valence-electron chi connectivity index (χ4n) is 5.65. The Labute approximate surface area is 194 Å². The fourth-order valence-corrected chi connectivity index (χ4v) is 5.65. The Kier molecular flexibility index (Phi) is 6.60. The first kappa shape index (κ1) is 26.2. The zero-order valence-corrected chi connectivity index (χ0v) is 21.7. The van der Waals surface area contributed by atoms with Gasteiger partial charge in [0, 0.05) is 17.5 Å². The Bertz CT molecular complexity index is 875. The number of benzene rings is 1. The van der Waals surface area contributed by atoms with E-state index in [0.717, 1.165) is 36.0 Å². The maximum atomic E-state index is 12.8. The number of aromatic hydroxyl groups is 1. The molecule has 0 amide bonds. The quantitative estimate of drug-likeness (QED) is 0.604. The molecule has 0 bridgehead atoms. The van der Waals surface area contributed by atoms with Crippen LogP contribution in [0.4, 0.5) is 0 Å². The summed E-state index contributed by atoms with van der Waals surface area (Å²) in [5.74, 6) is -0.865. The lowest BCUT2D eigenvalue weighted by Gasteiger charge is -2.57. The number of carboxylic acid groups (broad SMARTS) is 1. The second kappa shape index (κ2) is 8.06. The standard InChI is InChI=1S/C27H42N2O3/c1-23(2,3)19-14-18(15-20(21(19)30)24(4,5)6)16-27(17-28,22(31)32)29-25(7,8)12-11-13-26(29,9)10/h14-15,30H,11-13,16H2,1-10H3,(H,31,32). The number of aliphatic carboxylic acids is 1. The molecule has 0 spiro atoms. The number of nitrogens with zero attached hydrogens (tertiary/aromatic N) is 2. The number of phenolic OH excluding ortho intramolecular Hbond substituents is 1. The zero-order chi connectivity index (χ0) is 24.9. The molecule has 0 radical (unpaired) electrons. The number of carbonyl (C=O) groups is 1. The molecule has 0 aliphatic carbocycles. The summed E-state index contributed by atoms with van der Waals surface area (Å²) >= 11 is 0. The van der Waals surface area contributed by atoms with Crippen LogP contribution < -0.4 is 0 Å². The lowest BCUT2D eigenvalue weighted by molar-refractivity contribution is -0.163. The molecule has 1 saturated heterocycles. The number of rotatable bonds is 4. The number of carboxylic acids is 1. The predicted octanol–water partition coefficient (Wildman–Crippen LogP) is 5.92. The molecule has 32 heavy (non-hydrogen) atoms. The molecular formula is C27H42N2O3. The van der Waals surface area contributed by atoms with Crippen molar-refractivity contribution in [3.05, 3.63) is 28.8 Å². The van der Waals surface area contributed by atoms with Gasteiger partial charge in [-0.15, -0.1) is 0 Å². The monoisotopic (exact) mass is 442 g/mol. The van der Waals surface area contributed by atoms with Crippen molar-refractivity contribution >= 4 is 5.97 Å². The van der Waals surface area contributed by atoms with E-state index >= 15 is 0 Å². The van der Waals surface area contributed by atoms with Gasteiger partial charge < -0.3 is 10.2 Å². The van der Waals surface area contributed by atoms with E-state index in [-0.39, 0.29) is 23.0 Å². The second-order valence-corrected chi connectivity index (χ2v) is 12.8. The van der Waals surface area contributed by atoms with Gasteiger partial charge in [0.25, 0.3) is 0 Å². The van der Waals surface area contributed by atoms with Crippen LogP contribution in [0.15, 0.2) is 12.1 Å². The molecule has 1 atom stereocenters. The minimum Gasteiger partial charge on any atom is -0.507 e. The van der Waals surface area contributed by atoms with Gasteiger partial charge in [0.2, 0.25) is 5.54 Å². The third-order valence-electron chi connectivity index (χ3n) is 6.95. The van der Waals surface area contributed by atoms with Gasteiger partial charge in [-0.1, -0.05) is 53.7 Å². The van der Waals surface area contributed by atoms with Crippen molar-refractivity contribution in [2.24, 2.45) is 0 Å². The lowest BCUT2D eigenvalue weighted by atomic mass is 9.72. The summed E-state index contributed by atoms with van der Waals surface area (Å²) in [6, 6.07) is 6.02. The molecule has 1 fully saturated rings. The number of nitriles is 1. The SMILES string of the molecule is CC(C)(C)c1cc(CC(C#N)(C(=O)O)N2C(C)(C)CCCC2(C)C)cc(C(C)(C)C)c1O. The minimum atomic E-state index is -1.71. The van der Waals surface area contributed by atoms with Crippen molar-refractivity contribution in [2.45, 2.75) is 122 Å². The third-order valence-corrected chi connectivity index (χ3v) is 6.95. The molecule has 1 aromatic carbocycles. The topological polar surface area (TPSA) is 84.6 Å². The van der Waals surface area contributed by atoms with Crippen LogP contribution in [0.1, 0.15) is 105 Å². The number of phenols is 1. The largest absolute Gasteiger partial charge is 0.507 e. The van der Waals surface area contributed by atoms with Crippen molar-refractivity contribution in [3.63, 3.8) is 0 Å². The van der Waals surface area contributed by atoms with Gasteiger partial charge >= 0.3 is 5.97 Å². The van der Waals surface area contributed by atoms with E-state index in [2.05, 4.69) is 6.07 Å². The third kappa shape index (κ3) is 4.66. The minimum absolute atomic E-state index is 0.0537. The highest BCUT2D eigenvalue weighted by molar-refractivity contribution is 5.83. The predicted molar refractivity (Wildman–Crippen MR) is 129 cm³/mol. The Balaban J connectivity index is 2.79. The van der Waals surface area contributed by atoms with Gasteiger partial charge in [-0.3, -0.25) is 4.90 Å². The molecule has 5 heteroatoms. The number of hydrogen-bond donors (Lipinski definition) is 2. The summed E-state index contributed by atoms with van der Waals surface area (Å²) in [6.45, 7) is 20.4. The summed E-state index contributed by atoms with van der Waals surface area (Å²) in [7, 11) is 0. The lowest BCUT2D eigenvalue weighted by Crippen LogP contribution is -2.71. The van der Waals surface area contributed by atoms with Crippen LogP contribution >= 0.6 is 0 Å². The molecule has 1 aromatic rings. The average molecular weight is 443 g/mol. The summed E-state index contributed by atoms with van der Waals surface area (Å²) in [4.78, 5) is 14.8. The summed E-state index contributed by atoms with van der Waals surface area (Å²) in [5.41, 5.74) is -0.944. The molecule has 178 valence electrons. The van der Waals surface area contributed by atoms with Crippen LogP contribution in [-0.2, 0) is 22.0 Å². The van der Waals surface area contributed by atoms with Gasteiger partial charge in [0.15, 0.2) is 0 Å². The van der Waals surface area contributed by atoms with Crippen LogP contribution in [-0.4, -0.2) is 37.7 Å². The van der Waals surface area contributed by atoms with E-state index in [1.54, 1.807) is 0 Å². The van der Waals surface area contributed by atoms with Gasteiger partial charge in [-0.05, 0) is 74.5 Å². The van der Waals surface area contributed by atoms with Crippen molar-refractivity contribution in [1.82, 2.24) is 4.90 Å². The van der Waals surface area contributed by atoms with E-state index in [1.165, 1.54) is 0 Å². The van der Waals surface area contributed by atoms with Crippen molar-refractivity contribution < 1.29 is 15.0 Å². The van der Waals surface area contributed by atoms with Crippen LogP contribution in [0.3, 0.4) is 0 Å². The number of likely N-dealkylation sites (tertiary alicyclic amines) is 1. The molecule has 1 aliphatic rings. The highest BCUT2D eigenvalue weighted by atomic mass is 16.4. The van der Waals surface area contributed by atoms with Crippen LogP contribution in [0.25, 0.3) is 0 Å². The summed E-state index contributed by atoms with van der Waals surface area (Å²) < 4.78 is 0. The average Bonchev–Trinajstić information content (AvgIpc) is 2.58. The van der Waals surface area contributed by atoms with E-state index in [1.807, 2.05) is 86.3 Å². The van der Waals surface area contributed by atoms with Crippen molar-refractivity contribution in [2.75, 3.05) is 0 Å². The van der Waals surface area contributed by atoms with E-state index in [9.17, 15) is 20.3 Å². The molecule has 2 N–H and O–H groups in total. The van der Waals surface area contributed by atoms with Gasteiger partial charge in [-0.25, -0.2) is 4.79 Å². The Hall–Kier alpha value is -2.06. The van der Waals surface area contributed by atoms with Crippen LogP contribution in [0, 0.1) is 11.3 Å².